The van der Waals surface area contributed by atoms with E-state index in [-0.39, 0.29) is 18.3 Å². The number of hydrogen-bond donors (Lipinski definition) is 1. The van der Waals surface area contributed by atoms with E-state index in [0.717, 1.165) is 62.2 Å². The standard InChI is InChI=1S/C15H23ClN4O.ClH/c1-10-15(16)11(2)20(18-10)9-14(21)19-5-3-12-7-17-8-13(12)4-6-19;/h12-13,17H,3-9H2,1-2H3;1H/t12-,13+;. The number of nitrogens with one attached hydrogen (secondary N) is 1. The molecule has 5 nitrogen and oxygen atoms in total. The van der Waals surface area contributed by atoms with Gasteiger partial charge in [-0.3, -0.25) is 9.48 Å². The van der Waals surface area contributed by atoms with Gasteiger partial charge >= 0.3 is 0 Å². The number of fused-ring (bicyclic) bond motifs is 1. The molecule has 2 atom stereocenters. The summed E-state index contributed by atoms with van der Waals surface area (Å²) in [6.45, 7) is 8.04. The first-order chi connectivity index (χ1) is 10.1. The van der Waals surface area contributed by atoms with Crippen molar-refractivity contribution in [3.63, 3.8) is 0 Å². The van der Waals surface area contributed by atoms with Crippen molar-refractivity contribution in [3.05, 3.63) is 16.4 Å². The third kappa shape index (κ3) is 3.42. The number of aryl methyl sites for hydroxylation is 1. The molecule has 1 amide bonds. The number of amides is 1. The zero-order valence-corrected chi connectivity index (χ0v) is 14.7. The van der Waals surface area contributed by atoms with Gasteiger partial charge in [0.05, 0.1) is 16.4 Å². The van der Waals surface area contributed by atoms with Crippen LogP contribution in [0, 0.1) is 25.7 Å². The van der Waals surface area contributed by atoms with Gasteiger partial charge in [-0.15, -0.1) is 12.4 Å². The van der Waals surface area contributed by atoms with Crippen molar-refractivity contribution in [3.8, 4) is 0 Å². The Labute approximate surface area is 142 Å². The van der Waals surface area contributed by atoms with E-state index in [1.54, 1.807) is 4.68 Å². The van der Waals surface area contributed by atoms with Crippen LogP contribution in [-0.4, -0.2) is 46.8 Å². The van der Waals surface area contributed by atoms with Crippen LogP contribution in [0.3, 0.4) is 0 Å². The van der Waals surface area contributed by atoms with Crippen LogP contribution in [0.15, 0.2) is 0 Å². The average Bonchev–Trinajstić information content (AvgIpc) is 2.93. The van der Waals surface area contributed by atoms with Crippen LogP contribution in [0.25, 0.3) is 0 Å². The largest absolute Gasteiger partial charge is 0.341 e. The average molecular weight is 347 g/mol. The fourth-order valence-electron chi connectivity index (χ4n) is 3.52. The van der Waals surface area contributed by atoms with Gasteiger partial charge in [-0.05, 0) is 51.6 Å². The number of rotatable bonds is 2. The molecule has 0 aliphatic carbocycles. The first-order valence-electron chi connectivity index (χ1n) is 7.74. The zero-order valence-electron chi connectivity index (χ0n) is 13.1. The molecule has 124 valence electrons. The Kier molecular flexibility index (Phi) is 5.75. The van der Waals surface area contributed by atoms with E-state index < -0.39 is 0 Å². The van der Waals surface area contributed by atoms with Gasteiger partial charge in [-0.1, -0.05) is 11.6 Å². The second kappa shape index (κ2) is 7.20. The molecule has 0 radical (unpaired) electrons. The number of nitrogens with zero attached hydrogens (tertiary/aromatic N) is 3. The summed E-state index contributed by atoms with van der Waals surface area (Å²) in [6, 6.07) is 0. The predicted molar refractivity (Wildman–Crippen MR) is 89.6 cm³/mol. The fraction of sp³-hybridized carbons (Fsp3) is 0.733. The molecule has 0 bridgehead atoms. The van der Waals surface area contributed by atoms with Gasteiger partial charge in [0, 0.05) is 13.1 Å². The molecule has 22 heavy (non-hydrogen) atoms. The van der Waals surface area contributed by atoms with Crippen molar-refractivity contribution in [1.29, 1.82) is 0 Å². The Bertz CT molecular complexity index is 532. The molecule has 0 spiro atoms. The number of aromatic nitrogens is 2. The maximum atomic E-state index is 12.5. The van der Waals surface area contributed by atoms with Crippen LogP contribution in [0.4, 0.5) is 0 Å². The summed E-state index contributed by atoms with van der Waals surface area (Å²) in [7, 11) is 0. The minimum absolute atomic E-state index is 0. The normalized spacial score (nSPS) is 24.6. The number of carbonyl (C=O) groups is 1. The summed E-state index contributed by atoms with van der Waals surface area (Å²) in [6.07, 6.45) is 2.22. The van der Waals surface area contributed by atoms with Crippen molar-refractivity contribution in [2.45, 2.75) is 33.2 Å². The Hall–Kier alpha value is -0.780. The van der Waals surface area contributed by atoms with E-state index in [1.165, 1.54) is 0 Å². The second-order valence-electron chi connectivity index (χ2n) is 6.28. The minimum atomic E-state index is 0. The number of hydrogen-bond acceptors (Lipinski definition) is 3. The quantitative estimate of drug-likeness (QED) is 0.891. The lowest BCUT2D eigenvalue weighted by Gasteiger charge is -2.21. The minimum Gasteiger partial charge on any atom is -0.341 e. The lowest BCUT2D eigenvalue weighted by Crippen LogP contribution is -2.35. The molecule has 7 heteroatoms. The van der Waals surface area contributed by atoms with E-state index in [9.17, 15) is 4.79 Å². The molecule has 0 aromatic carbocycles. The van der Waals surface area contributed by atoms with Gasteiger partial charge in [0.15, 0.2) is 0 Å². The highest BCUT2D eigenvalue weighted by atomic mass is 35.5. The molecule has 2 aliphatic heterocycles. The lowest BCUT2D eigenvalue weighted by atomic mass is 9.92. The molecule has 0 saturated carbocycles. The van der Waals surface area contributed by atoms with E-state index in [1.807, 2.05) is 18.7 Å². The summed E-state index contributed by atoms with van der Waals surface area (Å²) in [5.74, 6) is 1.64. The van der Waals surface area contributed by atoms with Crippen molar-refractivity contribution in [2.24, 2.45) is 11.8 Å². The SMILES string of the molecule is Cc1nn(CC(=O)N2CC[C@@H]3CNC[C@@H]3CC2)c(C)c1Cl.Cl. The third-order valence-electron chi connectivity index (χ3n) is 4.95. The zero-order chi connectivity index (χ0) is 15.0. The van der Waals surface area contributed by atoms with Crippen molar-refractivity contribution in [1.82, 2.24) is 20.0 Å². The van der Waals surface area contributed by atoms with Crippen LogP contribution in [0.5, 0.6) is 0 Å². The lowest BCUT2D eigenvalue weighted by molar-refractivity contribution is -0.132. The highest BCUT2D eigenvalue weighted by Crippen LogP contribution is 2.27. The topological polar surface area (TPSA) is 50.2 Å². The number of halogens is 2. The molecule has 3 heterocycles. The Balaban J connectivity index is 0.00000176. The maximum absolute atomic E-state index is 12.5. The maximum Gasteiger partial charge on any atom is 0.244 e. The summed E-state index contributed by atoms with van der Waals surface area (Å²) in [4.78, 5) is 14.5. The van der Waals surface area contributed by atoms with E-state index in [0.29, 0.717) is 11.6 Å². The second-order valence-corrected chi connectivity index (χ2v) is 6.66. The predicted octanol–water partition coefficient (Wildman–Crippen LogP) is 2.03. The molecule has 1 aromatic rings. The molecule has 2 fully saturated rings. The summed E-state index contributed by atoms with van der Waals surface area (Å²) < 4.78 is 1.73. The summed E-state index contributed by atoms with van der Waals surface area (Å²) in [5.41, 5.74) is 1.66. The molecule has 3 rings (SSSR count). The Morgan fingerprint density at radius 2 is 1.86 bits per heavy atom. The molecular formula is C15H24Cl2N4O. The summed E-state index contributed by atoms with van der Waals surface area (Å²) in [5, 5.41) is 8.48. The molecule has 0 unspecified atom stereocenters. The van der Waals surface area contributed by atoms with Gasteiger partial charge in [-0.2, -0.15) is 5.10 Å². The number of carbonyl (C=O) groups excluding carboxylic acids is 1. The Morgan fingerprint density at radius 1 is 1.27 bits per heavy atom. The Morgan fingerprint density at radius 3 is 2.36 bits per heavy atom. The fourth-order valence-corrected chi connectivity index (χ4v) is 3.66. The van der Waals surface area contributed by atoms with E-state index >= 15 is 0 Å². The van der Waals surface area contributed by atoms with Crippen molar-refractivity contribution in [2.75, 3.05) is 26.2 Å². The smallest absolute Gasteiger partial charge is 0.244 e. The van der Waals surface area contributed by atoms with Crippen LogP contribution in [0.1, 0.15) is 24.2 Å². The van der Waals surface area contributed by atoms with E-state index in [4.69, 9.17) is 11.6 Å². The number of likely N-dealkylation sites (tertiary alicyclic amines) is 1. The first kappa shape index (κ1) is 17.6. The van der Waals surface area contributed by atoms with Crippen molar-refractivity contribution < 1.29 is 4.79 Å². The van der Waals surface area contributed by atoms with Gasteiger partial charge in [0.1, 0.15) is 6.54 Å². The van der Waals surface area contributed by atoms with Gasteiger partial charge < -0.3 is 10.2 Å². The van der Waals surface area contributed by atoms with Crippen LogP contribution in [-0.2, 0) is 11.3 Å². The molecular weight excluding hydrogens is 323 g/mol. The van der Waals surface area contributed by atoms with Gasteiger partial charge in [0.2, 0.25) is 5.91 Å². The van der Waals surface area contributed by atoms with Crippen LogP contribution >= 0.6 is 24.0 Å². The first-order valence-corrected chi connectivity index (χ1v) is 8.12. The van der Waals surface area contributed by atoms with Crippen LogP contribution in [0.2, 0.25) is 5.02 Å². The van der Waals surface area contributed by atoms with Gasteiger partial charge in [0.25, 0.3) is 0 Å². The summed E-state index contributed by atoms with van der Waals surface area (Å²) >= 11 is 6.14. The highest BCUT2D eigenvalue weighted by Gasteiger charge is 2.31. The van der Waals surface area contributed by atoms with Crippen molar-refractivity contribution >= 4 is 29.9 Å². The third-order valence-corrected chi connectivity index (χ3v) is 5.50. The molecule has 2 aliphatic rings. The monoisotopic (exact) mass is 346 g/mol. The van der Waals surface area contributed by atoms with E-state index in [2.05, 4.69) is 10.4 Å². The van der Waals surface area contributed by atoms with Gasteiger partial charge in [-0.25, -0.2) is 0 Å². The highest BCUT2D eigenvalue weighted by molar-refractivity contribution is 6.31. The van der Waals surface area contributed by atoms with Crippen LogP contribution < -0.4 is 5.32 Å². The molecule has 1 aromatic heterocycles. The molecule has 1 N–H and O–H groups in total. The molecule has 2 saturated heterocycles.